The zero-order valence-electron chi connectivity index (χ0n) is 12.2. The third-order valence-corrected chi connectivity index (χ3v) is 6.14. The average molecular weight is 285 g/mol. The molecule has 0 aromatic carbocycles. The lowest BCUT2D eigenvalue weighted by Gasteiger charge is -2.28. The predicted octanol–water partition coefficient (Wildman–Crippen LogP) is 3.13. The second-order valence-electron chi connectivity index (χ2n) is 5.86. The van der Waals surface area contributed by atoms with Gasteiger partial charge in [-0.3, -0.25) is 4.79 Å². The van der Waals surface area contributed by atoms with Gasteiger partial charge in [0, 0.05) is 10.5 Å². The maximum absolute atomic E-state index is 12.1. The van der Waals surface area contributed by atoms with Gasteiger partial charge in [0.1, 0.15) is 5.54 Å². The van der Waals surface area contributed by atoms with Crippen LogP contribution in [0.1, 0.15) is 58.3 Å². The summed E-state index contributed by atoms with van der Waals surface area (Å²) >= 11 is 2.14. The molecule has 2 atom stereocenters. The number of hydrogen-bond acceptors (Lipinski definition) is 4. The second kappa shape index (κ2) is 6.98. The van der Waals surface area contributed by atoms with Crippen LogP contribution in [0.3, 0.4) is 0 Å². The van der Waals surface area contributed by atoms with Crippen molar-refractivity contribution in [3.05, 3.63) is 0 Å². The molecular weight excluding hydrogens is 258 g/mol. The number of esters is 1. The van der Waals surface area contributed by atoms with E-state index in [1.165, 1.54) is 39.2 Å². The molecule has 2 saturated carbocycles. The van der Waals surface area contributed by atoms with E-state index in [0.717, 1.165) is 31.1 Å². The molecule has 2 aliphatic carbocycles. The zero-order chi connectivity index (χ0) is 13.7. The van der Waals surface area contributed by atoms with Crippen molar-refractivity contribution < 1.29 is 9.53 Å². The van der Waals surface area contributed by atoms with Gasteiger partial charge in [0.2, 0.25) is 0 Å². The molecule has 0 heterocycles. The van der Waals surface area contributed by atoms with E-state index in [-0.39, 0.29) is 5.97 Å². The molecule has 0 spiro atoms. The van der Waals surface area contributed by atoms with Crippen LogP contribution in [-0.4, -0.2) is 35.7 Å². The minimum absolute atomic E-state index is 0.0684. The van der Waals surface area contributed by atoms with Gasteiger partial charge in [-0.05, 0) is 38.6 Å². The molecule has 0 saturated heterocycles. The summed E-state index contributed by atoms with van der Waals surface area (Å²) in [5, 5.41) is 4.84. The van der Waals surface area contributed by atoms with Crippen molar-refractivity contribution in [2.45, 2.75) is 74.3 Å². The van der Waals surface area contributed by atoms with Gasteiger partial charge in [0.15, 0.2) is 0 Å². The molecule has 2 aliphatic rings. The normalized spacial score (nSPS) is 32.4. The van der Waals surface area contributed by atoms with Crippen molar-refractivity contribution in [1.82, 2.24) is 5.32 Å². The topological polar surface area (TPSA) is 38.3 Å². The molecule has 0 amide bonds. The van der Waals surface area contributed by atoms with Crippen LogP contribution in [0.4, 0.5) is 0 Å². The highest BCUT2D eigenvalue weighted by atomic mass is 32.2. The fraction of sp³-hybridized carbons (Fsp3) is 0.933. The van der Waals surface area contributed by atoms with Gasteiger partial charge in [0.25, 0.3) is 0 Å². The van der Waals surface area contributed by atoms with Crippen molar-refractivity contribution in [2.75, 3.05) is 13.7 Å². The van der Waals surface area contributed by atoms with Crippen LogP contribution in [0.15, 0.2) is 0 Å². The quantitative estimate of drug-likeness (QED) is 0.788. The first-order valence-electron chi connectivity index (χ1n) is 7.69. The number of hydrogen-bond donors (Lipinski definition) is 1. The highest BCUT2D eigenvalue weighted by Gasteiger charge is 2.46. The summed E-state index contributed by atoms with van der Waals surface area (Å²) in [6.07, 6.45) is 9.93. The number of rotatable bonds is 5. The molecule has 0 aromatic heterocycles. The fourth-order valence-electron chi connectivity index (χ4n) is 3.54. The third-order valence-electron chi connectivity index (χ3n) is 4.50. The van der Waals surface area contributed by atoms with Crippen LogP contribution >= 0.6 is 11.8 Å². The van der Waals surface area contributed by atoms with Gasteiger partial charge in [0.05, 0.1) is 7.11 Å². The summed E-state index contributed by atoms with van der Waals surface area (Å²) in [5.74, 6) is -0.0684. The second-order valence-corrected chi connectivity index (χ2v) is 7.47. The predicted molar refractivity (Wildman–Crippen MR) is 80.5 cm³/mol. The number of ether oxygens (including phenoxy) is 1. The van der Waals surface area contributed by atoms with E-state index in [1.54, 1.807) is 0 Å². The lowest BCUT2D eigenvalue weighted by atomic mass is 9.98. The highest BCUT2D eigenvalue weighted by Crippen LogP contribution is 2.42. The Balaban J connectivity index is 1.90. The van der Waals surface area contributed by atoms with Crippen LogP contribution in [0, 0.1) is 0 Å². The average Bonchev–Trinajstić information content (AvgIpc) is 2.84. The van der Waals surface area contributed by atoms with Crippen molar-refractivity contribution >= 4 is 17.7 Å². The minimum atomic E-state index is -0.407. The Kier molecular flexibility index (Phi) is 5.58. The summed E-state index contributed by atoms with van der Waals surface area (Å²) in [7, 11) is 1.50. The van der Waals surface area contributed by atoms with Crippen LogP contribution in [0.5, 0.6) is 0 Å². The standard InChI is InChI=1S/C15H27NO2S/c1-3-16-15(14(17)18-2)10-9-13(11-15)19-12-7-5-4-6-8-12/h12-13,16H,3-11H2,1-2H3. The van der Waals surface area contributed by atoms with Crippen LogP contribution in [0.2, 0.25) is 0 Å². The molecule has 19 heavy (non-hydrogen) atoms. The number of carbonyl (C=O) groups is 1. The van der Waals surface area contributed by atoms with E-state index in [4.69, 9.17) is 4.74 Å². The van der Waals surface area contributed by atoms with E-state index in [0.29, 0.717) is 5.25 Å². The Morgan fingerprint density at radius 2 is 2.00 bits per heavy atom. The van der Waals surface area contributed by atoms with E-state index in [2.05, 4.69) is 24.0 Å². The van der Waals surface area contributed by atoms with Gasteiger partial charge < -0.3 is 10.1 Å². The number of likely N-dealkylation sites (N-methyl/N-ethyl adjacent to an activating group) is 1. The van der Waals surface area contributed by atoms with Crippen molar-refractivity contribution in [3.8, 4) is 0 Å². The third kappa shape index (κ3) is 3.66. The Bertz CT molecular complexity index is 305. The Morgan fingerprint density at radius 1 is 1.26 bits per heavy atom. The molecule has 4 heteroatoms. The zero-order valence-corrected chi connectivity index (χ0v) is 13.1. The van der Waals surface area contributed by atoms with Crippen molar-refractivity contribution in [2.24, 2.45) is 0 Å². The Labute approximate surface area is 121 Å². The monoisotopic (exact) mass is 285 g/mol. The lowest BCUT2D eigenvalue weighted by molar-refractivity contribution is -0.148. The highest BCUT2D eigenvalue weighted by molar-refractivity contribution is 8.00. The smallest absolute Gasteiger partial charge is 0.326 e. The van der Waals surface area contributed by atoms with E-state index < -0.39 is 5.54 Å². The summed E-state index contributed by atoms with van der Waals surface area (Å²) in [6, 6.07) is 0. The summed E-state index contributed by atoms with van der Waals surface area (Å²) < 4.78 is 5.02. The number of carbonyl (C=O) groups excluding carboxylic acids is 1. The molecule has 2 unspecified atom stereocenters. The first-order valence-corrected chi connectivity index (χ1v) is 8.63. The SMILES string of the molecule is CCNC1(C(=O)OC)CCC(SC2CCCCC2)C1. The number of nitrogens with one attached hydrogen (secondary N) is 1. The van der Waals surface area contributed by atoms with Crippen LogP contribution in [-0.2, 0) is 9.53 Å². The summed E-state index contributed by atoms with van der Waals surface area (Å²) in [5.41, 5.74) is -0.407. The first-order chi connectivity index (χ1) is 9.20. The molecule has 110 valence electrons. The minimum Gasteiger partial charge on any atom is -0.468 e. The van der Waals surface area contributed by atoms with Crippen LogP contribution in [0.25, 0.3) is 0 Å². The molecule has 0 radical (unpaired) electrons. The fourth-order valence-corrected chi connectivity index (χ4v) is 5.33. The molecule has 3 nitrogen and oxygen atoms in total. The van der Waals surface area contributed by atoms with Crippen molar-refractivity contribution in [1.29, 1.82) is 0 Å². The van der Waals surface area contributed by atoms with Crippen LogP contribution < -0.4 is 5.32 Å². The summed E-state index contributed by atoms with van der Waals surface area (Å²) in [6.45, 7) is 2.89. The summed E-state index contributed by atoms with van der Waals surface area (Å²) in [4.78, 5) is 12.1. The van der Waals surface area contributed by atoms with Gasteiger partial charge in [-0.25, -0.2) is 0 Å². The lowest BCUT2D eigenvalue weighted by Crippen LogP contribution is -2.50. The maximum Gasteiger partial charge on any atom is 0.326 e. The van der Waals surface area contributed by atoms with Gasteiger partial charge in [-0.2, -0.15) is 11.8 Å². The molecule has 0 bridgehead atoms. The largest absolute Gasteiger partial charge is 0.468 e. The molecule has 0 aliphatic heterocycles. The van der Waals surface area contributed by atoms with Gasteiger partial charge in [-0.1, -0.05) is 26.2 Å². The van der Waals surface area contributed by atoms with Crippen molar-refractivity contribution in [3.63, 3.8) is 0 Å². The molecule has 2 rings (SSSR count). The van der Waals surface area contributed by atoms with E-state index >= 15 is 0 Å². The molecule has 1 N–H and O–H groups in total. The van der Waals surface area contributed by atoms with E-state index in [9.17, 15) is 4.79 Å². The number of thioether (sulfide) groups is 1. The molecule has 0 aromatic rings. The van der Waals surface area contributed by atoms with Gasteiger partial charge in [-0.15, -0.1) is 0 Å². The van der Waals surface area contributed by atoms with Gasteiger partial charge >= 0.3 is 5.97 Å². The Hall–Kier alpha value is -0.220. The number of methoxy groups -OCH3 is 1. The molecular formula is C15H27NO2S. The first kappa shape index (κ1) is 15.2. The molecule has 2 fully saturated rings. The Morgan fingerprint density at radius 3 is 2.63 bits per heavy atom. The van der Waals surface area contributed by atoms with E-state index in [1.807, 2.05) is 0 Å². The maximum atomic E-state index is 12.1.